The Bertz CT molecular complexity index is 1900. The quantitative estimate of drug-likeness (QED) is 0.114. The van der Waals surface area contributed by atoms with Gasteiger partial charge in [0.15, 0.2) is 0 Å². The maximum Gasteiger partial charge on any atom is 0.243 e. The number of carbonyl (C=O) groups excluding carboxylic acids is 4. The average Bonchev–Trinajstić information content (AvgIpc) is 3.77. The van der Waals surface area contributed by atoms with Gasteiger partial charge in [-0.15, -0.1) is 11.3 Å². The van der Waals surface area contributed by atoms with Gasteiger partial charge >= 0.3 is 0 Å². The number of hydrogen-bond acceptors (Lipinski definition) is 6. The molecule has 1 aliphatic rings. The molecule has 1 fully saturated rings. The van der Waals surface area contributed by atoms with E-state index in [1.807, 2.05) is 90.4 Å². The highest BCUT2D eigenvalue weighted by Crippen LogP contribution is 2.21. The van der Waals surface area contributed by atoms with E-state index in [-0.39, 0.29) is 31.1 Å². The van der Waals surface area contributed by atoms with Crippen molar-refractivity contribution in [1.29, 1.82) is 0 Å². The second-order valence-corrected chi connectivity index (χ2v) is 13.4. The lowest BCUT2D eigenvalue weighted by Crippen LogP contribution is -2.58. The van der Waals surface area contributed by atoms with Gasteiger partial charge in [-0.25, -0.2) is 0 Å². The predicted molar refractivity (Wildman–Crippen MR) is 188 cm³/mol. The smallest absolute Gasteiger partial charge is 0.243 e. The SMILES string of the molecule is NC(=O)[C@H](Cc1cccs1)NC(=O)[C@@H](Cc1c[nH]c2ccccc12)NC(=O)[C@@H](Cc1ccc2ccccc2c1)NC(=O)C1CCNCC1. The van der Waals surface area contributed by atoms with Crippen LogP contribution >= 0.6 is 11.3 Å². The number of rotatable bonds is 13. The lowest BCUT2D eigenvalue weighted by Gasteiger charge is -2.27. The number of aromatic amines is 1. The second kappa shape index (κ2) is 15.3. The fourth-order valence-corrected chi connectivity index (χ4v) is 7.06. The lowest BCUT2D eigenvalue weighted by molar-refractivity contribution is -0.134. The van der Waals surface area contributed by atoms with Gasteiger partial charge in [-0.3, -0.25) is 19.2 Å². The third-order valence-corrected chi connectivity index (χ3v) is 9.87. The molecule has 248 valence electrons. The van der Waals surface area contributed by atoms with Crippen LogP contribution in [0.2, 0.25) is 0 Å². The largest absolute Gasteiger partial charge is 0.368 e. The molecule has 1 aliphatic heterocycles. The standard InChI is InChI=1S/C37H40N6O4S/c38-34(44)31(21-28-8-5-17-48-28)41-37(47)33(20-27-22-40-30-10-4-3-9-29(27)30)43-36(46)32(42-35(45)25-13-15-39-16-14-25)19-23-11-12-24-6-1-2-7-26(24)18-23/h1-12,17-18,22,25,31-33,39-40H,13-16,19-21H2,(H2,38,44)(H,41,47)(H,42,45)(H,43,46)/t31-,32+,33+/m0/s1. The molecule has 5 aromatic rings. The first kappa shape index (κ1) is 32.9. The molecule has 48 heavy (non-hydrogen) atoms. The Morgan fingerprint density at radius 2 is 1.48 bits per heavy atom. The van der Waals surface area contributed by atoms with Crippen LogP contribution in [-0.4, -0.2) is 59.8 Å². The molecule has 0 saturated carbocycles. The number of nitrogens with one attached hydrogen (secondary N) is 5. The molecule has 1 saturated heterocycles. The van der Waals surface area contributed by atoms with Gasteiger partial charge in [-0.1, -0.05) is 66.7 Å². The normalized spacial score (nSPS) is 15.4. The summed E-state index contributed by atoms with van der Waals surface area (Å²) in [6.07, 6.45) is 3.80. The number of carbonyl (C=O) groups is 4. The minimum Gasteiger partial charge on any atom is -0.368 e. The molecular weight excluding hydrogens is 625 g/mol. The maximum absolute atomic E-state index is 14.2. The zero-order chi connectivity index (χ0) is 33.5. The molecule has 7 N–H and O–H groups in total. The summed E-state index contributed by atoms with van der Waals surface area (Å²) in [5, 5.41) is 16.9. The molecular formula is C37H40N6O4S. The number of hydrogen-bond donors (Lipinski definition) is 6. The first-order chi connectivity index (χ1) is 23.3. The van der Waals surface area contributed by atoms with Gasteiger partial charge < -0.3 is 32.0 Å². The molecule has 0 spiro atoms. The molecule has 6 rings (SSSR count). The van der Waals surface area contributed by atoms with Gasteiger partial charge in [-0.05, 0) is 65.3 Å². The van der Waals surface area contributed by atoms with Crippen LogP contribution in [0.5, 0.6) is 0 Å². The van der Waals surface area contributed by atoms with Crippen LogP contribution < -0.4 is 27.0 Å². The van der Waals surface area contributed by atoms with Crippen LogP contribution in [-0.2, 0) is 38.4 Å². The Labute approximate surface area is 282 Å². The van der Waals surface area contributed by atoms with Crippen molar-refractivity contribution in [2.75, 3.05) is 13.1 Å². The number of thiophene rings is 1. The summed E-state index contributed by atoms with van der Waals surface area (Å²) in [7, 11) is 0. The highest BCUT2D eigenvalue weighted by molar-refractivity contribution is 7.09. The Balaban J connectivity index is 1.27. The first-order valence-corrected chi connectivity index (χ1v) is 17.2. The number of fused-ring (bicyclic) bond motifs is 2. The molecule has 0 bridgehead atoms. The molecule has 3 atom stereocenters. The molecule has 3 aromatic carbocycles. The zero-order valence-electron chi connectivity index (χ0n) is 26.5. The van der Waals surface area contributed by atoms with E-state index in [1.54, 1.807) is 0 Å². The van der Waals surface area contributed by atoms with E-state index in [2.05, 4.69) is 26.3 Å². The van der Waals surface area contributed by atoms with E-state index in [0.717, 1.165) is 50.8 Å². The van der Waals surface area contributed by atoms with Crippen LogP contribution in [0, 0.1) is 5.92 Å². The molecule has 4 amide bonds. The van der Waals surface area contributed by atoms with Crippen molar-refractivity contribution in [3.05, 3.63) is 106 Å². The number of benzene rings is 3. The summed E-state index contributed by atoms with van der Waals surface area (Å²) in [4.78, 5) is 58.2. The van der Waals surface area contributed by atoms with Crippen molar-refractivity contribution in [3.63, 3.8) is 0 Å². The highest BCUT2D eigenvalue weighted by atomic mass is 32.1. The fraction of sp³-hybridized carbons (Fsp3) is 0.297. The minimum atomic E-state index is -1.06. The van der Waals surface area contributed by atoms with Crippen molar-refractivity contribution in [2.45, 2.75) is 50.2 Å². The number of piperidine rings is 1. The fourth-order valence-electron chi connectivity index (χ4n) is 6.31. The number of nitrogens with two attached hydrogens (primary N) is 1. The number of primary amides is 1. The van der Waals surface area contributed by atoms with Gasteiger partial charge in [0.2, 0.25) is 23.6 Å². The van der Waals surface area contributed by atoms with Crippen LogP contribution in [0.3, 0.4) is 0 Å². The van der Waals surface area contributed by atoms with Gasteiger partial charge in [0.25, 0.3) is 0 Å². The van der Waals surface area contributed by atoms with Crippen molar-refractivity contribution >= 4 is 56.6 Å². The maximum atomic E-state index is 14.2. The Morgan fingerprint density at radius 3 is 2.23 bits per heavy atom. The predicted octanol–water partition coefficient (Wildman–Crippen LogP) is 3.35. The van der Waals surface area contributed by atoms with Crippen molar-refractivity contribution < 1.29 is 19.2 Å². The highest BCUT2D eigenvalue weighted by Gasteiger charge is 2.32. The number of aromatic nitrogens is 1. The van der Waals surface area contributed by atoms with Gasteiger partial charge in [0.05, 0.1) is 0 Å². The Kier molecular flexibility index (Phi) is 10.5. The minimum absolute atomic E-state index is 0.150. The van der Waals surface area contributed by atoms with Gasteiger partial charge in [0, 0.05) is 47.2 Å². The molecule has 0 aliphatic carbocycles. The van der Waals surface area contributed by atoms with Crippen molar-refractivity contribution in [2.24, 2.45) is 11.7 Å². The topological polar surface area (TPSA) is 158 Å². The van der Waals surface area contributed by atoms with E-state index in [0.29, 0.717) is 12.8 Å². The second-order valence-electron chi connectivity index (χ2n) is 12.3. The Hall–Kier alpha value is -5.00. The number of H-pyrrole nitrogens is 1. The third kappa shape index (κ3) is 8.10. The lowest BCUT2D eigenvalue weighted by atomic mass is 9.95. The number of amides is 4. The van der Waals surface area contributed by atoms with Crippen LogP contribution in [0.4, 0.5) is 0 Å². The molecule has 11 heteroatoms. The van der Waals surface area contributed by atoms with E-state index >= 15 is 0 Å². The van der Waals surface area contributed by atoms with E-state index in [9.17, 15) is 19.2 Å². The third-order valence-electron chi connectivity index (χ3n) is 8.97. The van der Waals surface area contributed by atoms with E-state index in [1.165, 1.54) is 11.3 Å². The summed E-state index contributed by atoms with van der Waals surface area (Å²) in [6.45, 7) is 1.47. The number of para-hydroxylation sites is 1. The molecule has 10 nitrogen and oxygen atoms in total. The molecule has 0 unspecified atom stereocenters. The summed E-state index contributed by atoms with van der Waals surface area (Å²) < 4.78 is 0. The molecule has 2 aromatic heterocycles. The van der Waals surface area contributed by atoms with Crippen LogP contribution in [0.15, 0.2) is 90.4 Å². The zero-order valence-corrected chi connectivity index (χ0v) is 27.4. The van der Waals surface area contributed by atoms with Crippen LogP contribution in [0.25, 0.3) is 21.7 Å². The molecule has 0 radical (unpaired) electrons. The first-order valence-electron chi connectivity index (χ1n) is 16.3. The summed E-state index contributed by atoms with van der Waals surface area (Å²) >= 11 is 1.47. The average molecular weight is 665 g/mol. The van der Waals surface area contributed by atoms with E-state index in [4.69, 9.17) is 5.73 Å². The van der Waals surface area contributed by atoms with Gasteiger partial charge in [-0.2, -0.15) is 0 Å². The molecule has 3 heterocycles. The summed E-state index contributed by atoms with van der Waals surface area (Å²) in [6, 6.07) is 22.4. The summed E-state index contributed by atoms with van der Waals surface area (Å²) in [5.74, 6) is -2.09. The van der Waals surface area contributed by atoms with Gasteiger partial charge in [0.1, 0.15) is 18.1 Å². The van der Waals surface area contributed by atoms with Crippen molar-refractivity contribution in [3.8, 4) is 0 Å². The van der Waals surface area contributed by atoms with Crippen LogP contribution in [0.1, 0.15) is 28.8 Å². The van der Waals surface area contributed by atoms with E-state index < -0.39 is 35.8 Å². The monoisotopic (exact) mass is 664 g/mol. The van der Waals surface area contributed by atoms with Crippen molar-refractivity contribution in [1.82, 2.24) is 26.3 Å². The summed E-state index contributed by atoms with van der Waals surface area (Å²) in [5.41, 5.74) is 8.32. The Morgan fingerprint density at radius 1 is 0.771 bits per heavy atom.